The molecule has 0 unspecified atom stereocenters. The van der Waals surface area contributed by atoms with Crippen molar-refractivity contribution in [1.29, 1.82) is 0 Å². The van der Waals surface area contributed by atoms with Crippen LogP contribution in [0.5, 0.6) is 0 Å². The zero-order valence-corrected chi connectivity index (χ0v) is 12.1. The molecule has 0 N–H and O–H groups in total. The summed E-state index contributed by atoms with van der Waals surface area (Å²) in [7, 11) is 0. The topological polar surface area (TPSA) is 30.2 Å². The predicted molar refractivity (Wildman–Crippen MR) is 85.7 cm³/mol. The van der Waals surface area contributed by atoms with Crippen molar-refractivity contribution < 1.29 is 4.42 Å². The first kappa shape index (κ1) is 13.6. The molecule has 106 valence electrons. The summed E-state index contributed by atoms with van der Waals surface area (Å²) in [6, 6.07) is 17.7. The molecule has 0 spiro atoms. The SMILES string of the molecule is Cc1cccc2oc(CCCc3ccccc3)cc(=O)c12. The quantitative estimate of drug-likeness (QED) is 0.713. The minimum absolute atomic E-state index is 0.0593. The molecule has 0 aliphatic carbocycles. The summed E-state index contributed by atoms with van der Waals surface area (Å²) in [5.41, 5.74) is 3.04. The monoisotopic (exact) mass is 278 g/mol. The maximum Gasteiger partial charge on any atom is 0.193 e. The Hall–Kier alpha value is -2.35. The molecule has 0 radical (unpaired) electrons. The molecule has 0 saturated carbocycles. The molecule has 0 atom stereocenters. The lowest BCUT2D eigenvalue weighted by molar-refractivity contribution is 0.526. The first-order valence-corrected chi connectivity index (χ1v) is 7.30. The van der Waals surface area contributed by atoms with Crippen LogP contribution < -0.4 is 5.43 Å². The highest BCUT2D eigenvalue weighted by molar-refractivity contribution is 5.79. The highest BCUT2D eigenvalue weighted by Gasteiger charge is 2.06. The van der Waals surface area contributed by atoms with Gasteiger partial charge in [0.2, 0.25) is 0 Å². The molecular weight excluding hydrogens is 260 g/mol. The first-order valence-electron chi connectivity index (χ1n) is 7.30. The van der Waals surface area contributed by atoms with Crippen LogP contribution in [0.15, 0.2) is 63.8 Å². The lowest BCUT2D eigenvalue weighted by atomic mass is 10.1. The third-order valence-electron chi connectivity index (χ3n) is 3.75. The molecule has 0 fully saturated rings. The van der Waals surface area contributed by atoms with Crippen LogP contribution in [0.2, 0.25) is 0 Å². The van der Waals surface area contributed by atoms with Gasteiger partial charge in [-0.3, -0.25) is 4.79 Å². The summed E-state index contributed by atoms with van der Waals surface area (Å²) in [5.74, 6) is 0.772. The van der Waals surface area contributed by atoms with Crippen LogP contribution in [-0.2, 0) is 12.8 Å². The van der Waals surface area contributed by atoms with Crippen molar-refractivity contribution in [2.45, 2.75) is 26.2 Å². The van der Waals surface area contributed by atoms with Crippen LogP contribution in [0, 0.1) is 6.92 Å². The lowest BCUT2D eigenvalue weighted by Gasteiger charge is -2.05. The van der Waals surface area contributed by atoms with Crippen molar-refractivity contribution in [3.8, 4) is 0 Å². The van der Waals surface area contributed by atoms with E-state index < -0.39 is 0 Å². The van der Waals surface area contributed by atoms with Gasteiger partial charge in [-0.2, -0.15) is 0 Å². The van der Waals surface area contributed by atoms with Crippen LogP contribution >= 0.6 is 0 Å². The van der Waals surface area contributed by atoms with Gasteiger partial charge in [-0.15, -0.1) is 0 Å². The van der Waals surface area contributed by atoms with Crippen LogP contribution in [-0.4, -0.2) is 0 Å². The summed E-state index contributed by atoms with van der Waals surface area (Å²) in [5, 5.41) is 0.698. The van der Waals surface area contributed by atoms with Gasteiger partial charge in [-0.25, -0.2) is 0 Å². The van der Waals surface area contributed by atoms with Crippen LogP contribution in [0.4, 0.5) is 0 Å². The molecule has 3 rings (SSSR count). The van der Waals surface area contributed by atoms with Gasteiger partial charge in [-0.05, 0) is 37.0 Å². The van der Waals surface area contributed by atoms with Gasteiger partial charge >= 0.3 is 0 Å². The standard InChI is InChI=1S/C19H18O2/c1-14-7-5-12-18-19(14)17(20)13-16(21-18)11-6-10-15-8-3-2-4-9-15/h2-5,7-9,12-13H,6,10-11H2,1H3. The molecule has 1 aromatic heterocycles. The van der Waals surface area contributed by atoms with Crippen molar-refractivity contribution in [3.05, 3.63) is 81.7 Å². The third-order valence-corrected chi connectivity index (χ3v) is 3.75. The summed E-state index contributed by atoms with van der Waals surface area (Å²) in [6.07, 6.45) is 2.76. The van der Waals surface area contributed by atoms with Gasteiger partial charge in [-0.1, -0.05) is 42.5 Å². The van der Waals surface area contributed by atoms with Gasteiger partial charge in [0.05, 0.1) is 5.39 Å². The molecule has 2 nitrogen and oxygen atoms in total. The highest BCUT2D eigenvalue weighted by atomic mass is 16.3. The first-order chi connectivity index (χ1) is 10.2. The number of rotatable bonds is 4. The number of fused-ring (bicyclic) bond motifs is 1. The minimum Gasteiger partial charge on any atom is -0.461 e. The van der Waals surface area contributed by atoms with E-state index in [0.717, 1.165) is 30.6 Å². The molecular formula is C19H18O2. The van der Waals surface area contributed by atoms with E-state index in [4.69, 9.17) is 4.42 Å². The maximum atomic E-state index is 12.2. The van der Waals surface area contributed by atoms with E-state index in [1.807, 2.05) is 43.3 Å². The molecule has 0 aliphatic heterocycles. The van der Waals surface area contributed by atoms with Gasteiger partial charge in [0.15, 0.2) is 5.43 Å². The van der Waals surface area contributed by atoms with E-state index in [-0.39, 0.29) is 5.43 Å². The molecule has 0 aliphatic rings. The van der Waals surface area contributed by atoms with E-state index in [2.05, 4.69) is 12.1 Å². The van der Waals surface area contributed by atoms with Crippen LogP contribution in [0.25, 0.3) is 11.0 Å². The molecule has 0 amide bonds. The Morgan fingerprint density at radius 2 is 1.76 bits per heavy atom. The number of aryl methyl sites for hydroxylation is 3. The summed E-state index contributed by atoms with van der Waals surface area (Å²) in [4.78, 5) is 12.2. The largest absolute Gasteiger partial charge is 0.461 e. The molecule has 0 saturated heterocycles. The average molecular weight is 278 g/mol. The molecule has 21 heavy (non-hydrogen) atoms. The Kier molecular flexibility index (Phi) is 3.87. The minimum atomic E-state index is 0.0593. The summed E-state index contributed by atoms with van der Waals surface area (Å²) < 4.78 is 5.86. The smallest absolute Gasteiger partial charge is 0.193 e. The summed E-state index contributed by atoms with van der Waals surface area (Å²) >= 11 is 0. The van der Waals surface area contributed by atoms with Crippen molar-refractivity contribution >= 4 is 11.0 Å². The second kappa shape index (κ2) is 5.96. The number of benzene rings is 2. The Labute approximate surface area is 124 Å². The van der Waals surface area contributed by atoms with E-state index in [1.165, 1.54) is 5.56 Å². The average Bonchev–Trinajstić information content (AvgIpc) is 2.48. The van der Waals surface area contributed by atoms with Crippen LogP contribution in [0.3, 0.4) is 0 Å². The molecule has 0 bridgehead atoms. The molecule has 3 aromatic rings. The van der Waals surface area contributed by atoms with Gasteiger partial charge in [0, 0.05) is 12.5 Å². The maximum absolute atomic E-state index is 12.2. The normalized spacial score (nSPS) is 10.9. The Bertz CT molecular complexity index is 801. The Balaban J connectivity index is 1.77. The van der Waals surface area contributed by atoms with Crippen molar-refractivity contribution in [2.75, 3.05) is 0 Å². The van der Waals surface area contributed by atoms with Crippen LogP contribution in [0.1, 0.15) is 23.3 Å². The van der Waals surface area contributed by atoms with Gasteiger partial charge in [0.1, 0.15) is 11.3 Å². The predicted octanol–water partition coefficient (Wildman–Crippen LogP) is 4.28. The third kappa shape index (κ3) is 3.05. The van der Waals surface area contributed by atoms with E-state index in [0.29, 0.717) is 11.0 Å². The fraction of sp³-hybridized carbons (Fsp3) is 0.211. The fourth-order valence-electron chi connectivity index (χ4n) is 2.67. The van der Waals surface area contributed by atoms with Gasteiger partial charge in [0.25, 0.3) is 0 Å². The van der Waals surface area contributed by atoms with Gasteiger partial charge < -0.3 is 4.42 Å². The fourth-order valence-corrected chi connectivity index (χ4v) is 2.67. The summed E-state index contributed by atoms with van der Waals surface area (Å²) in [6.45, 7) is 1.94. The Morgan fingerprint density at radius 3 is 2.57 bits per heavy atom. The van der Waals surface area contributed by atoms with E-state index in [9.17, 15) is 4.79 Å². The Morgan fingerprint density at radius 1 is 0.952 bits per heavy atom. The second-order valence-electron chi connectivity index (χ2n) is 5.36. The lowest BCUT2D eigenvalue weighted by Crippen LogP contribution is -2.04. The number of hydrogen-bond donors (Lipinski definition) is 0. The van der Waals surface area contributed by atoms with Crippen molar-refractivity contribution in [2.24, 2.45) is 0 Å². The second-order valence-corrected chi connectivity index (χ2v) is 5.36. The van der Waals surface area contributed by atoms with Crippen molar-refractivity contribution in [1.82, 2.24) is 0 Å². The highest BCUT2D eigenvalue weighted by Crippen LogP contribution is 2.17. The molecule has 2 aromatic carbocycles. The zero-order chi connectivity index (χ0) is 14.7. The van der Waals surface area contributed by atoms with Crippen molar-refractivity contribution in [3.63, 3.8) is 0 Å². The zero-order valence-electron chi connectivity index (χ0n) is 12.1. The molecule has 1 heterocycles. The number of hydrogen-bond acceptors (Lipinski definition) is 2. The van der Waals surface area contributed by atoms with E-state index in [1.54, 1.807) is 6.07 Å². The molecule has 2 heteroatoms. The van der Waals surface area contributed by atoms with E-state index >= 15 is 0 Å².